The van der Waals surface area contributed by atoms with Crippen molar-refractivity contribution in [3.05, 3.63) is 40.8 Å². The minimum absolute atomic E-state index is 0.0314. The lowest BCUT2D eigenvalue weighted by Crippen LogP contribution is -2.39. The summed E-state index contributed by atoms with van der Waals surface area (Å²) in [4.78, 5) is 17.7. The van der Waals surface area contributed by atoms with Crippen LogP contribution in [0.2, 0.25) is 0 Å². The number of aromatic amines is 2. The van der Waals surface area contributed by atoms with Crippen molar-refractivity contribution < 1.29 is 8.42 Å². The van der Waals surface area contributed by atoms with Gasteiger partial charge in [0.1, 0.15) is 4.90 Å². The number of piperidine rings is 1. The summed E-state index contributed by atoms with van der Waals surface area (Å²) in [5.74, 6) is -0.0314. The van der Waals surface area contributed by atoms with Crippen LogP contribution in [0, 0.1) is 0 Å². The van der Waals surface area contributed by atoms with Crippen LogP contribution in [0.4, 0.5) is 0 Å². The van der Waals surface area contributed by atoms with Crippen molar-refractivity contribution in [3.8, 4) is 0 Å². The number of H-pyrrole nitrogens is 2. The molecule has 3 rings (SSSR count). The third-order valence-corrected chi connectivity index (χ3v) is 5.46. The van der Waals surface area contributed by atoms with Gasteiger partial charge < -0.3 is 4.98 Å². The number of nitrogens with one attached hydrogen (secondary N) is 2. The van der Waals surface area contributed by atoms with Gasteiger partial charge in [-0.1, -0.05) is 0 Å². The van der Waals surface area contributed by atoms with E-state index in [2.05, 4.69) is 20.2 Å². The molecule has 0 radical (unpaired) electrons. The molecule has 2 aromatic rings. The lowest BCUT2D eigenvalue weighted by atomic mass is 9.96. The van der Waals surface area contributed by atoms with Crippen molar-refractivity contribution in [2.75, 3.05) is 13.1 Å². The molecule has 1 aliphatic rings. The van der Waals surface area contributed by atoms with Gasteiger partial charge in [-0.25, -0.2) is 18.2 Å². The topological polar surface area (TPSA) is 112 Å². The fourth-order valence-electron chi connectivity index (χ4n) is 2.56. The monoisotopic (exact) mass is 309 g/mol. The van der Waals surface area contributed by atoms with Crippen LogP contribution in [0.5, 0.6) is 0 Å². The van der Waals surface area contributed by atoms with Crippen LogP contribution in [0.1, 0.15) is 24.5 Å². The molecule has 0 aromatic carbocycles. The molecule has 112 valence electrons. The summed E-state index contributed by atoms with van der Waals surface area (Å²) in [6, 6.07) is 1.72. The quantitative estimate of drug-likeness (QED) is 0.832. The highest BCUT2D eigenvalue weighted by molar-refractivity contribution is 7.89. The second-order valence-electron chi connectivity index (χ2n) is 4.97. The fourth-order valence-corrected chi connectivity index (χ4v) is 4.00. The SMILES string of the molecule is O=c1nccc([C@H]2CCCN(S(=O)(=O)c3cn[nH]c3)C2)[nH]1. The zero-order valence-electron chi connectivity index (χ0n) is 11.2. The molecule has 2 aromatic heterocycles. The summed E-state index contributed by atoms with van der Waals surface area (Å²) < 4.78 is 26.4. The molecule has 21 heavy (non-hydrogen) atoms. The number of hydrogen-bond donors (Lipinski definition) is 2. The predicted molar refractivity (Wildman–Crippen MR) is 74.2 cm³/mol. The molecule has 0 saturated carbocycles. The molecule has 2 N–H and O–H groups in total. The first kappa shape index (κ1) is 14.0. The average Bonchev–Trinajstić information content (AvgIpc) is 3.02. The highest BCUT2D eigenvalue weighted by atomic mass is 32.2. The van der Waals surface area contributed by atoms with E-state index in [9.17, 15) is 13.2 Å². The second kappa shape index (κ2) is 5.41. The van der Waals surface area contributed by atoms with Crippen molar-refractivity contribution >= 4 is 10.0 Å². The van der Waals surface area contributed by atoms with Crippen molar-refractivity contribution in [3.63, 3.8) is 0 Å². The fraction of sp³-hybridized carbons (Fsp3) is 0.417. The molecule has 0 aliphatic carbocycles. The Bertz CT molecular complexity index is 768. The maximum absolute atomic E-state index is 12.5. The number of hydrogen-bond acceptors (Lipinski definition) is 5. The number of rotatable bonds is 3. The summed E-state index contributed by atoms with van der Waals surface area (Å²) in [7, 11) is -3.54. The van der Waals surface area contributed by atoms with Gasteiger partial charge in [0.2, 0.25) is 10.0 Å². The van der Waals surface area contributed by atoms with Gasteiger partial charge in [-0.15, -0.1) is 0 Å². The minimum atomic E-state index is -3.54. The van der Waals surface area contributed by atoms with Crippen molar-refractivity contribution in [1.82, 2.24) is 24.5 Å². The normalized spacial score (nSPS) is 20.5. The molecule has 0 unspecified atom stereocenters. The Labute approximate surface area is 121 Å². The first-order chi connectivity index (χ1) is 10.1. The van der Waals surface area contributed by atoms with E-state index in [1.807, 2.05) is 0 Å². The Morgan fingerprint density at radius 3 is 2.95 bits per heavy atom. The minimum Gasteiger partial charge on any atom is -0.309 e. The van der Waals surface area contributed by atoms with Crippen LogP contribution in [0.25, 0.3) is 0 Å². The largest absolute Gasteiger partial charge is 0.345 e. The van der Waals surface area contributed by atoms with Crippen LogP contribution in [0.3, 0.4) is 0 Å². The maximum Gasteiger partial charge on any atom is 0.345 e. The Morgan fingerprint density at radius 2 is 2.24 bits per heavy atom. The molecule has 1 fully saturated rings. The van der Waals surface area contributed by atoms with Crippen LogP contribution in [-0.4, -0.2) is 46.0 Å². The highest BCUT2D eigenvalue weighted by Gasteiger charge is 2.31. The van der Waals surface area contributed by atoms with Crippen LogP contribution < -0.4 is 5.69 Å². The Balaban J connectivity index is 1.85. The van der Waals surface area contributed by atoms with Crippen LogP contribution in [0.15, 0.2) is 34.3 Å². The third kappa shape index (κ3) is 2.74. The molecule has 1 aliphatic heterocycles. The average molecular weight is 309 g/mol. The zero-order valence-corrected chi connectivity index (χ0v) is 12.0. The van der Waals surface area contributed by atoms with E-state index in [4.69, 9.17) is 0 Å². The molecule has 0 bridgehead atoms. The molecule has 8 nitrogen and oxygen atoms in total. The first-order valence-electron chi connectivity index (χ1n) is 6.61. The summed E-state index contributed by atoms with van der Waals surface area (Å²) in [5, 5.41) is 6.20. The Morgan fingerprint density at radius 1 is 1.38 bits per heavy atom. The molecular weight excluding hydrogens is 294 g/mol. The zero-order chi connectivity index (χ0) is 14.9. The van der Waals surface area contributed by atoms with Crippen molar-refractivity contribution in [1.29, 1.82) is 0 Å². The maximum atomic E-state index is 12.5. The summed E-state index contributed by atoms with van der Waals surface area (Å²) >= 11 is 0. The molecule has 1 atom stereocenters. The van der Waals surface area contributed by atoms with Crippen LogP contribution in [-0.2, 0) is 10.0 Å². The number of sulfonamides is 1. The Hall–Kier alpha value is -2.00. The van der Waals surface area contributed by atoms with Crippen molar-refractivity contribution in [2.45, 2.75) is 23.7 Å². The third-order valence-electron chi connectivity index (χ3n) is 3.63. The smallest absolute Gasteiger partial charge is 0.309 e. The molecule has 9 heteroatoms. The van der Waals surface area contributed by atoms with Crippen LogP contribution >= 0.6 is 0 Å². The molecule has 1 saturated heterocycles. The highest BCUT2D eigenvalue weighted by Crippen LogP contribution is 2.28. The Kier molecular flexibility index (Phi) is 3.60. The number of aromatic nitrogens is 4. The van der Waals surface area contributed by atoms with Gasteiger partial charge in [-0.2, -0.15) is 9.40 Å². The molecule has 0 amide bonds. The van der Waals surface area contributed by atoms with Gasteiger partial charge >= 0.3 is 5.69 Å². The summed E-state index contributed by atoms with van der Waals surface area (Å²) in [5.41, 5.74) is 0.310. The standard InChI is InChI=1S/C12H15N5O3S/c18-12-13-4-3-11(16-12)9-2-1-5-17(8-9)21(19,20)10-6-14-15-7-10/h3-4,6-7,9H,1-2,5,8H2,(H,14,15)(H,13,16,18)/t9-/m0/s1. The molecular formula is C12H15N5O3S. The predicted octanol–water partition coefficient (Wildman–Crippen LogP) is 0.0613. The van der Waals surface area contributed by atoms with E-state index in [-0.39, 0.29) is 10.8 Å². The second-order valence-corrected chi connectivity index (χ2v) is 6.90. The van der Waals surface area contributed by atoms with E-state index in [1.54, 1.807) is 6.07 Å². The van der Waals surface area contributed by atoms with E-state index >= 15 is 0 Å². The van der Waals surface area contributed by atoms with Gasteiger partial charge in [0.15, 0.2) is 0 Å². The molecule has 0 spiro atoms. The van der Waals surface area contributed by atoms with Crippen molar-refractivity contribution in [2.24, 2.45) is 0 Å². The molecule has 3 heterocycles. The van der Waals surface area contributed by atoms with Gasteiger partial charge in [-0.3, -0.25) is 5.10 Å². The van der Waals surface area contributed by atoms with Gasteiger partial charge in [-0.05, 0) is 18.9 Å². The van der Waals surface area contributed by atoms with E-state index in [0.29, 0.717) is 13.1 Å². The van der Waals surface area contributed by atoms with Gasteiger partial charge in [0.05, 0.1) is 6.20 Å². The number of nitrogens with zero attached hydrogens (tertiary/aromatic N) is 3. The summed E-state index contributed by atoms with van der Waals surface area (Å²) in [6.07, 6.45) is 5.68. The van der Waals surface area contributed by atoms with Gasteiger partial charge in [0, 0.05) is 37.1 Å². The van der Waals surface area contributed by atoms with Gasteiger partial charge in [0.25, 0.3) is 0 Å². The lowest BCUT2D eigenvalue weighted by molar-refractivity contribution is 0.312. The summed E-state index contributed by atoms with van der Waals surface area (Å²) in [6.45, 7) is 0.812. The lowest BCUT2D eigenvalue weighted by Gasteiger charge is -2.31. The van der Waals surface area contributed by atoms with E-state index in [1.165, 1.54) is 22.9 Å². The van der Waals surface area contributed by atoms with E-state index < -0.39 is 15.7 Å². The first-order valence-corrected chi connectivity index (χ1v) is 8.05. The van der Waals surface area contributed by atoms with E-state index in [0.717, 1.165) is 18.5 Å².